The van der Waals surface area contributed by atoms with Crippen LogP contribution in [0.2, 0.25) is 0 Å². The van der Waals surface area contributed by atoms with Crippen LogP contribution in [0.3, 0.4) is 0 Å². The van der Waals surface area contributed by atoms with Gasteiger partial charge in [-0.3, -0.25) is 4.98 Å². The van der Waals surface area contributed by atoms with E-state index in [2.05, 4.69) is 16.5 Å². The molecule has 0 radical (unpaired) electrons. The van der Waals surface area contributed by atoms with Gasteiger partial charge >= 0.3 is 7.12 Å². The van der Waals surface area contributed by atoms with Crippen molar-refractivity contribution in [3.63, 3.8) is 0 Å². The molecule has 1 fully saturated rings. The summed E-state index contributed by atoms with van der Waals surface area (Å²) in [7, 11) is 0.970. The number of rotatable bonds is 2. The predicted octanol–water partition coefficient (Wildman–Crippen LogP) is 0.519. The number of hydrogen-bond acceptors (Lipinski definition) is 5. The lowest BCUT2D eigenvalue weighted by Crippen LogP contribution is -2.37. The molecule has 5 nitrogen and oxygen atoms in total. The van der Waals surface area contributed by atoms with Crippen LogP contribution < -0.4 is 10.3 Å². The Hall–Kier alpha value is -1.56. The second-order valence-corrected chi connectivity index (χ2v) is 3.99. The van der Waals surface area contributed by atoms with E-state index < -0.39 is 12.7 Å². The van der Waals surface area contributed by atoms with E-state index in [9.17, 15) is 0 Å². The SMILES string of the molecule is C=C1OB(c2cncc(OC)n2)OC1(C)C. The summed E-state index contributed by atoms with van der Waals surface area (Å²) in [4.78, 5) is 8.19. The van der Waals surface area contributed by atoms with Crippen molar-refractivity contribution < 1.29 is 14.0 Å². The maximum absolute atomic E-state index is 5.67. The van der Waals surface area contributed by atoms with Gasteiger partial charge in [0.2, 0.25) is 5.88 Å². The molecule has 0 amide bonds. The second kappa shape index (κ2) is 3.79. The minimum absolute atomic E-state index is 0.431. The van der Waals surface area contributed by atoms with Crippen LogP contribution in [0.4, 0.5) is 0 Å². The predicted molar refractivity (Wildman–Crippen MR) is 59.4 cm³/mol. The molecule has 1 aromatic rings. The quantitative estimate of drug-likeness (QED) is 0.680. The van der Waals surface area contributed by atoms with E-state index in [0.717, 1.165) is 0 Å². The summed E-state index contributed by atoms with van der Waals surface area (Å²) < 4.78 is 16.1. The molecule has 0 N–H and O–H groups in total. The molecule has 2 rings (SSSR count). The van der Waals surface area contributed by atoms with Gasteiger partial charge in [-0.15, -0.1) is 0 Å². The van der Waals surface area contributed by atoms with Crippen LogP contribution in [0.15, 0.2) is 24.7 Å². The van der Waals surface area contributed by atoms with Crippen LogP contribution in [0.1, 0.15) is 13.8 Å². The Bertz CT molecular complexity index is 422. The van der Waals surface area contributed by atoms with E-state index in [0.29, 0.717) is 17.2 Å². The van der Waals surface area contributed by atoms with Crippen molar-refractivity contribution in [1.29, 1.82) is 0 Å². The fourth-order valence-electron chi connectivity index (χ4n) is 1.32. The third-order valence-electron chi connectivity index (χ3n) is 2.40. The smallest absolute Gasteiger partial charge is 0.533 e. The van der Waals surface area contributed by atoms with Crippen LogP contribution in [0.5, 0.6) is 5.88 Å². The highest BCUT2D eigenvalue weighted by molar-refractivity contribution is 6.61. The number of methoxy groups -OCH3 is 1. The lowest BCUT2D eigenvalue weighted by atomic mass is 9.85. The summed E-state index contributed by atoms with van der Waals surface area (Å²) in [6, 6.07) is 0. The monoisotopic (exact) mass is 220 g/mol. The first-order chi connectivity index (χ1) is 7.53. The standard InChI is InChI=1S/C10H13BN2O3/c1-7-10(2,3)16-11(15-7)8-5-12-6-9(13-8)14-4/h5-6H,1H2,2-4H3. The molecule has 0 unspecified atom stereocenters. The Morgan fingerprint density at radius 3 is 2.75 bits per heavy atom. The summed E-state index contributed by atoms with van der Waals surface area (Å²) in [5.74, 6) is 1.02. The van der Waals surface area contributed by atoms with E-state index in [4.69, 9.17) is 14.0 Å². The molecule has 0 atom stereocenters. The van der Waals surface area contributed by atoms with Gasteiger partial charge < -0.3 is 14.0 Å². The summed E-state index contributed by atoms with van der Waals surface area (Å²) >= 11 is 0. The molecule has 2 heterocycles. The first kappa shape index (κ1) is 10.9. The van der Waals surface area contributed by atoms with Gasteiger partial charge in [0.05, 0.1) is 19.1 Å². The molecule has 1 saturated heterocycles. The molecule has 0 spiro atoms. The van der Waals surface area contributed by atoms with Crippen molar-refractivity contribution >= 4 is 12.7 Å². The zero-order valence-corrected chi connectivity index (χ0v) is 9.56. The molecule has 0 aromatic carbocycles. The van der Waals surface area contributed by atoms with Crippen LogP contribution >= 0.6 is 0 Å². The number of hydrogen-bond donors (Lipinski definition) is 0. The van der Waals surface area contributed by atoms with Gasteiger partial charge in [0.15, 0.2) is 0 Å². The highest BCUT2D eigenvalue weighted by Gasteiger charge is 2.44. The summed E-state index contributed by atoms with van der Waals surface area (Å²) in [6.07, 6.45) is 3.11. The van der Waals surface area contributed by atoms with Crippen molar-refractivity contribution in [2.45, 2.75) is 19.4 Å². The fourth-order valence-corrected chi connectivity index (χ4v) is 1.32. The molecule has 1 aliphatic heterocycles. The van der Waals surface area contributed by atoms with Crippen LogP contribution in [0.25, 0.3) is 0 Å². The number of ether oxygens (including phenoxy) is 1. The first-order valence-corrected chi connectivity index (χ1v) is 4.93. The number of nitrogens with zero attached hydrogens (tertiary/aromatic N) is 2. The molecule has 0 aliphatic carbocycles. The van der Waals surface area contributed by atoms with Gasteiger partial charge in [-0.05, 0) is 13.8 Å². The van der Waals surface area contributed by atoms with E-state index in [1.807, 2.05) is 13.8 Å². The summed E-state index contributed by atoms with van der Waals surface area (Å²) in [5.41, 5.74) is 0.0705. The van der Waals surface area contributed by atoms with Gasteiger partial charge in [0.1, 0.15) is 11.2 Å². The van der Waals surface area contributed by atoms with E-state index in [1.54, 1.807) is 6.20 Å². The third-order valence-corrected chi connectivity index (χ3v) is 2.40. The molecule has 84 valence electrons. The third kappa shape index (κ3) is 1.88. The lowest BCUT2D eigenvalue weighted by molar-refractivity contribution is 0.172. The van der Waals surface area contributed by atoms with E-state index in [1.165, 1.54) is 13.3 Å². The molecule has 0 saturated carbocycles. The van der Waals surface area contributed by atoms with Gasteiger partial charge in [-0.25, -0.2) is 4.98 Å². The Labute approximate surface area is 94.6 Å². The second-order valence-electron chi connectivity index (χ2n) is 3.99. The summed E-state index contributed by atoms with van der Waals surface area (Å²) in [6.45, 7) is 7.58. The Morgan fingerprint density at radius 2 is 2.19 bits per heavy atom. The topological polar surface area (TPSA) is 53.5 Å². The van der Waals surface area contributed by atoms with E-state index >= 15 is 0 Å². The first-order valence-electron chi connectivity index (χ1n) is 4.93. The van der Waals surface area contributed by atoms with Crippen LogP contribution in [-0.4, -0.2) is 29.8 Å². The van der Waals surface area contributed by atoms with Gasteiger partial charge in [0, 0.05) is 6.20 Å². The van der Waals surface area contributed by atoms with Crippen molar-refractivity contribution in [2.24, 2.45) is 0 Å². The molecule has 1 aliphatic rings. The highest BCUT2D eigenvalue weighted by atomic mass is 16.7. The molecule has 0 bridgehead atoms. The average molecular weight is 220 g/mol. The molecular weight excluding hydrogens is 207 g/mol. The fraction of sp³-hybridized carbons (Fsp3) is 0.400. The molecule has 16 heavy (non-hydrogen) atoms. The van der Waals surface area contributed by atoms with Crippen LogP contribution in [-0.2, 0) is 9.31 Å². The maximum atomic E-state index is 5.67. The lowest BCUT2D eigenvalue weighted by Gasteiger charge is -2.15. The van der Waals surface area contributed by atoms with Gasteiger partial charge in [0.25, 0.3) is 0 Å². The normalized spacial score (nSPS) is 18.4. The maximum Gasteiger partial charge on any atom is 0.584 e. The van der Waals surface area contributed by atoms with Crippen LogP contribution in [0, 0.1) is 0 Å². The molecular formula is C10H13BN2O3. The Kier molecular flexibility index (Phi) is 2.59. The zero-order valence-electron chi connectivity index (χ0n) is 9.56. The van der Waals surface area contributed by atoms with Crippen molar-refractivity contribution in [1.82, 2.24) is 9.97 Å². The highest BCUT2D eigenvalue weighted by Crippen LogP contribution is 2.28. The van der Waals surface area contributed by atoms with Gasteiger partial charge in [-0.1, -0.05) is 6.58 Å². The zero-order chi connectivity index (χ0) is 11.8. The minimum atomic E-state index is -0.565. The Balaban J connectivity index is 2.23. The van der Waals surface area contributed by atoms with Gasteiger partial charge in [-0.2, -0.15) is 0 Å². The van der Waals surface area contributed by atoms with Crippen molar-refractivity contribution in [3.8, 4) is 5.88 Å². The largest absolute Gasteiger partial charge is 0.584 e. The number of aromatic nitrogens is 2. The molecule has 1 aromatic heterocycles. The molecule has 6 heteroatoms. The minimum Gasteiger partial charge on any atom is -0.533 e. The average Bonchev–Trinajstić information content (AvgIpc) is 2.54. The van der Waals surface area contributed by atoms with Crippen molar-refractivity contribution in [2.75, 3.05) is 7.11 Å². The van der Waals surface area contributed by atoms with E-state index in [-0.39, 0.29) is 0 Å². The summed E-state index contributed by atoms with van der Waals surface area (Å²) in [5, 5.41) is 0. The Morgan fingerprint density at radius 1 is 1.44 bits per heavy atom. The van der Waals surface area contributed by atoms with Crippen molar-refractivity contribution in [3.05, 3.63) is 24.7 Å².